The van der Waals surface area contributed by atoms with E-state index in [1.54, 1.807) is 18.2 Å². The molecule has 1 aromatic rings. The Morgan fingerprint density at radius 1 is 1.03 bits per heavy atom. The van der Waals surface area contributed by atoms with Gasteiger partial charge in [-0.2, -0.15) is 0 Å². The zero-order valence-electron chi connectivity index (χ0n) is 18.2. The number of Topliss-reactive ketones (excluding diaryl/α,β-unsaturated/α-hetero) is 2. The van der Waals surface area contributed by atoms with Gasteiger partial charge < -0.3 is 15.4 Å². The first-order chi connectivity index (χ1) is 14.9. The van der Waals surface area contributed by atoms with E-state index in [2.05, 4.69) is 29.8 Å². The first-order valence-electron chi connectivity index (χ1n) is 11.0. The van der Waals surface area contributed by atoms with Gasteiger partial charge in [0, 0.05) is 55.1 Å². The van der Waals surface area contributed by atoms with Gasteiger partial charge in [0.2, 0.25) is 11.8 Å². The van der Waals surface area contributed by atoms with E-state index >= 15 is 0 Å². The van der Waals surface area contributed by atoms with Crippen LogP contribution in [0.2, 0.25) is 0 Å². The van der Waals surface area contributed by atoms with Crippen LogP contribution in [-0.4, -0.2) is 55.7 Å². The lowest BCUT2D eigenvalue weighted by molar-refractivity contribution is -0.137. The predicted octanol–water partition coefficient (Wildman–Crippen LogP) is 1.94. The summed E-state index contributed by atoms with van der Waals surface area (Å²) in [4.78, 5) is 49.9. The fraction of sp³-hybridized carbons (Fsp3) is 0.565. The number of amides is 2. The number of ether oxygens (including phenoxy) is 1. The van der Waals surface area contributed by atoms with Crippen LogP contribution in [-0.2, 0) is 14.3 Å². The molecule has 2 unspecified atom stereocenters. The van der Waals surface area contributed by atoms with Crippen molar-refractivity contribution in [3.63, 3.8) is 0 Å². The number of ketones is 2. The summed E-state index contributed by atoms with van der Waals surface area (Å²) in [5, 5.41) is 8.82. The molecule has 2 aliphatic rings. The lowest BCUT2D eigenvalue weighted by atomic mass is 9.79. The molecule has 8 heteroatoms. The van der Waals surface area contributed by atoms with Crippen LogP contribution in [0.4, 0.5) is 5.69 Å². The number of benzene rings is 1. The molecule has 1 fully saturated rings. The number of anilines is 1. The molecular formula is C23H31N3O5. The third-order valence-corrected chi connectivity index (χ3v) is 5.76. The molecule has 8 nitrogen and oxygen atoms in total. The highest BCUT2D eigenvalue weighted by Gasteiger charge is 2.40. The highest BCUT2D eigenvalue weighted by atomic mass is 16.5. The van der Waals surface area contributed by atoms with Crippen molar-refractivity contribution in [1.82, 2.24) is 10.6 Å². The second kappa shape index (κ2) is 10.6. The Bertz CT molecular complexity index is 852. The van der Waals surface area contributed by atoms with Crippen molar-refractivity contribution in [1.29, 1.82) is 0 Å². The molecule has 0 spiro atoms. The molecule has 168 valence electrons. The minimum atomic E-state index is -0.592. The normalized spacial score (nSPS) is 21.6. The zero-order valence-corrected chi connectivity index (χ0v) is 18.2. The van der Waals surface area contributed by atoms with E-state index in [1.165, 1.54) is 0 Å². The largest absolute Gasteiger partial charge is 0.382 e. The molecule has 0 bridgehead atoms. The predicted molar refractivity (Wildman–Crippen MR) is 116 cm³/mol. The summed E-state index contributed by atoms with van der Waals surface area (Å²) in [6.45, 7) is 6.50. The molecule has 2 amide bonds. The van der Waals surface area contributed by atoms with E-state index in [4.69, 9.17) is 4.74 Å². The maximum atomic E-state index is 13.3. The summed E-state index contributed by atoms with van der Waals surface area (Å²) >= 11 is 0. The average Bonchev–Trinajstić information content (AvgIpc) is 2.85. The third-order valence-electron chi connectivity index (χ3n) is 5.76. The van der Waals surface area contributed by atoms with Gasteiger partial charge in [0.05, 0.1) is 18.8 Å². The van der Waals surface area contributed by atoms with Crippen molar-refractivity contribution in [3.8, 4) is 0 Å². The molecule has 1 aliphatic carbocycles. The van der Waals surface area contributed by atoms with E-state index in [1.807, 2.05) is 0 Å². The van der Waals surface area contributed by atoms with Gasteiger partial charge in [-0.05, 0) is 18.9 Å². The van der Waals surface area contributed by atoms with E-state index in [9.17, 15) is 19.2 Å². The van der Waals surface area contributed by atoms with E-state index in [-0.39, 0.29) is 30.3 Å². The van der Waals surface area contributed by atoms with Crippen molar-refractivity contribution < 1.29 is 23.9 Å². The third kappa shape index (κ3) is 5.77. The van der Waals surface area contributed by atoms with Crippen molar-refractivity contribution in [2.75, 3.05) is 31.6 Å². The Hall–Kier alpha value is -2.58. The number of rotatable bonds is 9. The summed E-state index contributed by atoms with van der Waals surface area (Å²) < 4.78 is 5.59. The van der Waals surface area contributed by atoms with Gasteiger partial charge in [-0.1, -0.05) is 26.0 Å². The monoisotopic (exact) mass is 429 g/mol. The standard InChI is InChI=1S/C23H31N3O5/c1-14(2)24-10-12-31-13-11-25-18-5-3-4-17-21(18)19(27)8-6-15(22(17)29)16-7-9-20(28)26-23(16)30/h3-5,14-16,24-25H,6-13H2,1-2H3,(H,26,28,30). The Kier molecular flexibility index (Phi) is 7.92. The molecule has 31 heavy (non-hydrogen) atoms. The van der Waals surface area contributed by atoms with E-state index < -0.39 is 17.7 Å². The van der Waals surface area contributed by atoms with Gasteiger partial charge in [-0.15, -0.1) is 0 Å². The van der Waals surface area contributed by atoms with Gasteiger partial charge >= 0.3 is 0 Å². The summed E-state index contributed by atoms with van der Waals surface area (Å²) in [5.41, 5.74) is 1.36. The van der Waals surface area contributed by atoms with Gasteiger partial charge in [-0.25, -0.2) is 0 Å². The maximum absolute atomic E-state index is 13.3. The highest BCUT2D eigenvalue weighted by Crippen LogP contribution is 2.35. The first kappa shape index (κ1) is 23.1. The first-order valence-corrected chi connectivity index (χ1v) is 11.0. The Labute approximate surface area is 182 Å². The van der Waals surface area contributed by atoms with Crippen molar-refractivity contribution in [3.05, 3.63) is 29.3 Å². The van der Waals surface area contributed by atoms with E-state index in [0.717, 1.165) is 6.54 Å². The summed E-state index contributed by atoms with van der Waals surface area (Å²) in [6.07, 6.45) is 1.06. The molecule has 1 aromatic carbocycles. The molecule has 1 heterocycles. The van der Waals surface area contributed by atoms with Gasteiger partial charge in [0.1, 0.15) is 0 Å². The van der Waals surface area contributed by atoms with Crippen LogP contribution in [0, 0.1) is 11.8 Å². The molecule has 3 N–H and O–H groups in total. The molecule has 2 atom stereocenters. The number of imide groups is 1. The van der Waals surface area contributed by atoms with Crippen LogP contribution in [0.25, 0.3) is 0 Å². The summed E-state index contributed by atoms with van der Waals surface area (Å²) in [6, 6.07) is 5.59. The van der Waals surface area contributed by atoms with Crippen molar-refractivity contribution >= 4 is 29.1 Å². The van der Waals surface area contributed by atoms with Gasteiger partial charge in [0.15, 0.2) is 11.6 Å². The molecule has 0 saturated carbocycles. The molecule has 1 aliphatic heterocycles. The zero-order chi connectivity index (χ0) is 22.4. The SMILES string of the molecule is CC(C)NCCOCCNc1cccc2c1C(=O)CCC(C1CCC(=O)NC1=O)C2=O. The van der Waals surface area contributed by atoms with Crippen LogP contribution in [0.1, 0.15) is 60.2 Å². The van der Waals surface area contributed by atoms with Crippen LogP contribution in [0.5, 0.6) is 0 Å². The number of fused-ring (bicyclic) bond motifs is 1. The number of nitrogens with one attached hydrogen (secondary N) is 3. The van der Waals surface area contributed by atoms with Crippen LogP contribution in [0.3, 0.4) is 0 Å². The van der Waals surface area contributed by atoms with Crippen molar-refractivity contribution in [2.45, 2.75) is 45.6 Å². The Morgan fingerprint density at radius 3 is 2.52 bits per heavy atom. The Morgan fingerprint density at radius 2 is 1.77 bits per heavy atom. The summed E-state index contributed by atoms with van der Waals surface area (Å²) in [5.74, 6) is -2.20. The molecule has 3 rings (SSSR count). The second-order valence-corrected chi connectivity index (χ2v) is 8.37. The minimum Gasteiger partial charge on any atom is -0.382 e. The number of hydrogen-bond donors (Lipinski definition) is 3. The van der Waals surface area contributed by atoms with Crippen molar-refractivity contribution in [2.24, 2.45) is 11.8 Å². The summed E-state index contributed by atoms with van der Waals surface area (Å²) in [7, 11) is 0. The smallest absolute Gasteiger partial charge is 0.230 e. The van der Waals surface area contributed by atoms with Gasteiger partial charge in [-0.3, -0.25) is 24.5 Å². The Balaban J connectivity index is 1.67. The number of piperidine rings is 1. The fourth-order valence-corrected chi connectivity index (χ4v) is 4.21. The van der Waals surface area contributed by atoms with E-state index in [0.29, 0.717) is 55.5 Å². The molecule has 0 aromatic heterocycles. The maximum Gasteiger partial charge on any atom is 0.230 e. The average molecular weight is 430 g/mol. The number of carbonyl (C=O) groups excluding carboxylic acids is 4. The molecular weight excluding hydrogens is 398 g/mol. The fourth-order valence-electron chi connectivity index (χ4n) is 4.21. The number of carbonyl (C=O) groups is 4. The van der Waals surface area contributed by atoms with Crippen LogP contribution >= 0.6 is 0 Å². The lowest BCUT2D eigenvalue weighted by Crippen LogP contribution is -2.45. The second-order valence-electron chi connectivity index (χ2n) is 8.37. The van der Waals surface area contributed by atoms with Crippen LogP contribution < -0.4 is 16.0 Å². The topological polar surface area (TPSA) is 114 Å². The van der Waals surface area contributed by atoms with Gasteiger partial charge in [0.25, 0.3) is 0 Å². The highest BCUT2D eigenvalue weighted by molar-refractivity contribution is 6.15. The van der Waals surface area contributed by atoms with Crippen LogP contribution in [0.15, 0.2) is 18.2 Å². The minimum absolute atomic E-state index is 0.108. The number of hydrogen-bond acceptors (Lipinski definition) is 7. The quantitative estimate of drug-likeness (QED) is 0.312. The molecule has 1 saturated heterocycles. The molecule has 0 radical (unpaired) electrons. The lowest BCUT2D eigenvalue weighted by Gasteiger charge is -2.27.